The van der Waals surface area contributed by atoms with Gasteiger partial charge in [-0.25, -0.2) is 14.1 Å². The summed E-state index contributed by atoms with van der Waals surface area (Å²) in [6, 6.07) is 14.1. The first-order valence-corrected chi connectivity index (χ1v) is 9.68. The Labute approximate surface area is 169 Å². The third-order valence-electron chi connectivity index (χ3n) is 4.30. The van der Waals surface area contributed by atoms with E-state index in [9.17, 15) is 14.0 Å². The number of thioether (sulfide) groups is 1. The van der Waals surface area contributed by atoms with Gasteiger partial charge in [-0.15, -0.1) is 5.10 Å². The molecule has 4 rings (SSSR count). The van der Waals surface area contributed by atoms with Gasteiger partial charge in [0.25, 0.3) is 11.5 Å². The number of nitrogen functional groups attached to an aromatic ring is 1. The first-order valence-electron chi connectivity index (χ1n) is 8.70. The Kier molecular flexibility index (Phi) is 4.89. The van der Waals surface area contributed by atoms with Crippen molar-refractivity contribution in [3.8, 4) is 5.69 Å². The van der Waals surface area contributed by atoms with E-state index in [0.29, 0.717) is 27.4 Å². The lowest BCUT2D eigenvalue weighted by Crippen LogP contribution is -2.23. The molecule has 2 N–H and O–H groups in total. The van der Waals surface area contributed by atoms with E-state index in [-0.39, 0.29) is 23.0 Å². The van der Waals surface area contributed by atoms with Crippen LogP contribution in [0.5, 0.6) is 0 Å². The number of fused-ring (bicyclic) bond motifs is 1. The van der Waals surface area contributed by atoms with E-state index < -0.39 is 5.82 Å². The van der Waals surface area contributed by atoms with Crippen LogP contribution in [0.15, 0.2) is 64.5 Å². The van der Waals surface area contributed by atoms with Crippen molar-refractivity contribution >= 4 is 34.4 Å². The van der Waals surface area contributed by atoms with Crippen molar-refractivity contribution < 1.29 is 9.18 Å². The molecule has 0 aliphatic rings. The maximum absolute atomic E-state index is 13.4. The lowest BCUT2D eigenvalue weighted by atomic mass is 10.2. The van der Waals surface area contributed by atoms with E-state index in [1.165, 1.54) is 33.5 Å². The molecule has 0 unspecified atom stereocenters. The summed E-state index contributed by atoms with van der Waals surface area (Å²) in [4.78, 5) is 30.2. The summed E-state index contributed by atoms with van der Waals surface area (Å²) in [6.45, 7) is 1.73. The molecule has 0 spiro atoms. The van der Waals surface area contributed by atoms with E-state index in [4.69, 9.17) is 5.73 Å². The van der Waals surface area contributed by atoms with Crippen LogP contribution in [0.4, 0.5) is 10.2 Å². The number of hydrogen-bond acceptors (Lipinski definition) is 6. The third kappa shape index (κ3) is 3.64. The molecule has 7 nitrogen and oxygen atoms in total. The number of nitrogens with two attached hydrogens (primary N) is 1. The molecule has 4 aromatic rings. The number of hydrogen-bond donors (Lipinski definition) is 1. The van der Waals surface area contributed by atoms with Crippen molar-refractivity contribution in [2.24, 2.45) is 0 Å². The second-order valence-electron chi connectivity index (χ2n) is 6.33. The van der Waals surface area contributed by atoms with Gasteiger partial charge in [0, 0.05) is 11.8 Å². The number of aryl methyl sites for hydroxylation is 1. The fraction of sp³-hybridized carbons (Fsp3) is 0.100. The number of aromatic nitrogens is 4. The van der Waals surface area contributed by atoms with Gasteiger partial charge in [-0.05, 0) is 43.3 Å². The fourth-order valence-electron chi connectivity index (χ4n) is 2.97. The van der Waals surface area contributed by atoms with Crippen molar-refractivity contribution in [2.45, 2.75) is 12.1 Å². The normalized spacial score (nSPS) is 11.1. The minimum Gasteiger partial charge on any atom is -0.382 e. The molecular formula is C20H16FN5O2S. The summed E-state index contributed by atoms with van der Waals surface area (Å²) in [5.74, 6) is -0.453. The third-order valence-corrected chi connectivity index (χ3v) is 5.22. The van der Waals surface area contributed by atoms with Gasteiger partial charge < -0.3 is 5.73 Å². The summed E-state index contributed by atoms with van der Waals surface area (Å²) in [5, 5.41) is 4.74. The summed E-state index contributed by atoms with van der Waals surface area (Å²) >= 11 is 1.10. The number of nitrogens with zero attached hydrogens (tertiary/aromatic N) is 4. The zero-order valence-electron chi connectivity index (χ0n) is 15.4. The van der Waals surface area contributed by atoms with Gasteiger partial charge in [0.05, 0.1) is 22.3 Å². The van der Waals surface area contributed by atoms with Crippen LogP contribution in [-0.2, 0) is 0 Å². The average molecular weight is 409 g/mol. The predicted molar refractivity (Wildman–Crippen MR) is 110 cm³/mol. The molecule has 0 aliphatic carbocycles. The lowest BCUT2D eigenvalue weighted by Gasteiger charge is -2.13. The molecule has 2 heterocycles. The Morgan fingerprint density at radius 1 is 1.17 bits per heavy atom. The molecule has 2 aromatic heterocycles. The zero-order valence-corrected chi connectivity index (χ0v) is 16.2. The highest BCUT2D eigenvalue weighted by Crippen LogP contribution is 2.22. The highest BCUT2D eigenvalue weighted by atomic mass is 32.2. The van der Waals surface area contributed by atoms with Crippen LogP contribution in [0, 0.1) is 12.7 Å². The summed E-state index contributed by atoms with van der Waals surface area (Å²) in [6.07, 6.45) is 0. The SMILES string of the molecule is Cc1cc(N)nn1C(=O)CSc1nc2ccccc2c(=O)n1-c1ccc(F)cc1. The van der Waals surface area contributed by atoms with Gasteiger partial charge >= 0.3 is 0 Å². The minimum atomic E-state index is -0.410. The first-order chi connectivity index (χ1) is 13.9. The Balaban J connectivity index is 1.77. The van der Waals surface area contributed by atoms with Crippen LogP contribution >= 0.6 is 11.8 Å². The number of para-hydroxylation sites is 1. The molecular weight excluding hydrogens is 393 g/mol. The monoisotopic (exact) mass is 409 g/mol. The maximum Gasteiger partial charge on any atom is 0.266 e. The zero-order chi connectivity index (χ0) is 20.5. The molecule has 146 valence electrons. The van der Waals surface area contributed by atoms with Crippen LogP contribution in [0.3, 0.4) is 0 Å². The number of carbonyl (C=O) groups excluding carboxylic acids is 1. The smallest absolute Gasteiger partial charge is 0.266 e. The fourth-order valence-corrected chi connectivity index (χ4v) is 3.82. The van der Waals surface area contributed by atoms with Crippen LogP contribution in [0.25, 0.3) is 16.6 Å². The van der Waals surface area contributed by atoms with Crippen molar-refractivity contribution in [3.63, 3.8) is 0 Å². The Morgan fingerprint density at radius 2 is 1.90 bits per heavy atom. The van der Waals surface area contributed by atoms with Crippen molar-refractivity contribution in [1.82, 2.24) is 19.3 Å². The number of anilines is 1. The van der Waals surface area contributed by atoms with Gasteiger partial charge in [-0.3, -0.25) is 14.2 Å². The highest BCUT2D eigenvalue weighted by Gasteiger charge is 2.17. The second kappa shape index (κ2) is 7.51. The van der Waals surface area contributed by atoms with Gasteiger partial charge in [0.1, 0.15) is 11.6 Å². The van der Waals surface area contributed by atoms with E-state index in [0.717, 1.165) is 11.8 Å². The Hall–Kier alpha value is -3.46. The highest BCUT2D eigenvalue weighted by molar-refractivity contribution is 7.99. The standard InChI is InChI=1S/C20H16FN5O2S/c1-12-10-17(22)24-26(12)18(27)11-29-20-23-16-5-3-2-4-15(16)19(28)25(20)14-8-6-13(21)7-9-14/h2-10H,11H2,1H3,(H2,22,24). The van der Waals surface area contributed by atoms with Gasteiger partial charge in [0.15, 0.2) is 5.16 Å². The van der Waals surface area contributed by atoms with Crippen molar-refractivity contribution in [3.05, 3.63) is 76.5 Å². The topological polar surface area (TPSA) is 95.8 Å². The Bertz CT molecular complexity index is 1280. The molecule has 0 aliphatic heterocycles. The number of carbonyl (C=O) groups is 1. The molecule has 9 heteroatoms. The van der Waals surface area contributed by atoms with Crippen molar-refractivity contribution in [1.29, 1.82) is 0 Å². The molecule has 0 amide bonds. The van der Waals surface area contributed by atoms with E-state index in [2.05, 4.69) is 10.1 Å². The first kappa shape index (κ1) is 18.9. The van der Waals surface area contributed by atoms with Gasteiger partial charge in [0.2, 0.25) is 0 Å². The molecule has 0 radical (unpaired) electrons. The number of halogens is 1. The summed E-state index contributed by atoms with van der Waals surface area (Å²) in [5.41, 5.74) is 6.95. The number of rotatable bonds is 4. The largest absolute Gasteiger partial charge is 0.382 e. The van der Waals surface area contributed by atoms with Crippen LogP contribution < -0.4 is 11.3 Å². The molecule has 29 heavy (non-hydrogen) atoms. The minimum absolute atomic E-state index is 0.00602. The summed E-state index contributed by atoms with van der Waals surface area (Å²) in [7, 11) is 0. The van der Waals surface area contributed by atoms with Crippen LogP contribution in [0.2, 0.25) is 0 Å². The quantitative estimate of drug-likeness (QED) is 0.411. The van der Waals surface area contributed by atoms with Crippen LogP contribution in [-0.4, -0.2) is 31.0 Å². The molecule has 0 bridgehead atoms. The van der Waals surface area contributed by atoms with E-state index >= 15 is 0 Å². The molecule has 0 saturated heterocycles. The summed E-state index contributed by atoms with van der Waals surface area (Å²) < 4.78 is 16.0. The second-order valence-corrected chi connectivity index (χ2v) is 7.28. The Morgan fingerprint density at radius 3 is 2.59 bits per heavy atom. The lowest BCUT2D eigenvalue weighted by molar-refractivity contribution is 0.0924. The molecule has 0 fully saturated rings. The molecule has 2 aromatic carbocycles. The average Bonchev–Trinajstić information content (AvgIpc) is 3.05. The van der Waals surface area contributed by atoms with Gasteiger partial charge in [-0.2, -0.15) is 0 Å². The maximum atomic E-state index is 13.4. The van der Waals surface area contributed by atoms with E-state index in [1.54, 1.807) is 37.3 Å². The van der Waals surface area contributed by atoms with Gasteiger partial charge in [-0.1, -0.05) is 23.9 Å². The van der Waals surface area contributed by atoms with Crippen LogP contribution in [0.1, 0.15) is 10.5 Å². The molecule has 0 saturated carbocycles. The number of benzene rings is 2. The van der Waals surface area contributed by atoms with E-state index in [1.807, 2.05) is 0 Å². The van der Waals surface area contributed by atoms with Crippen molar-refractivity contribution in [2.75, 3.05) is 11.5 Å². The predicted octanol–water partition coefficient (Wildman–Crippen LogP) is 3.04. The molecule has 0 atom stereocenters.